The van der Waals surface area contributed by atoms with E-state index in [1.165, 1.54) is 103 Å². The Balaban J connectivity index is 3.81. The van der Waals surface area contributed by atoms with Gasteiger partial charge in [-0.25, -0.2) is 0 Å². The Kier molecular flexibility index (Phi) is 17.7. The fraction of sp³-hybridized carbons (Fsp3) is 1.00. The first-order valence-electron chi connectivity index (χ1n) is 11.4. The van der Waals surface area contributed by atoms with Gasteiger partial charge in [-0.3, -0.25) is 0 Å². The zero-order valence-electron chi connectivity index (χ0n) is 17.4. The molecule has 146 valence electrons. The smallest absolute Gasteiger partial charge is 0.0647 e. The molecule has 0 unspecified atom stereocenters. The third-order valence-corrected chi connectivity index (χ3v) is 5.49. The summed E-state index contributed by atoms with van der Waals surface area (Å²) in [4.78, 5) is 0. The van der Waals surface area contributed by atoms with E-state index >= 15 is 0 Å². The summed E-state index contributed by atoms with van der Waals surface area (Å²) in [6.45, 7) is 6.79. The number of hydrogen-bond donors (Lipinski definition) is 1. The Labute approximate surface area is 154 Å². The second kappa shape index (κ2) is 17.8. The van der Waals surface area contributed by atoms with Crippen LogP contribution in [0.1, 0.15) is 143 Å². The van der Waals surface area contributed by atoms with Crippen LogP contribution in [-0.2, 0) is 0 Å². The summed E-state index contributed by atoms with van der Waals surface area (Å²) in [5.74, 6) is 0. The highest BCUT2D eigenvalue weighted by Gasteiger charge is 2.24. The highest BCUT2D eigenvalue weighted by Crippen LogP contribution is 2.28. The largest absolute Gasteiger partial charge is 0.390 e. The maximum absolute atomic E-state index is 11.0. The van der Waals surface area contributed by atoms with Gasteiger partial charge in [0.05, 0.1) is 5.60 Å². The summed E-state index contributed by atoms with van der Waals surface area (Å²) in [6, 6.07) is 0. The second-order valence-electron chi connectivity index (χ2n) is 8.07. The van der Waals surface area contributed by atoms with E-state index in [-0.39, 0.29) is 5.60 Å². The second-order valence-corrected chi connectivity index (χ2v) is 8.07. The Hall–Kier alpha value is -0.0400. The number of rotatable bonds is 19. The van der Waals surface area contributed by atoms with E-state index in [9.17, 15) is 5.11 Å². The van der Waals surface area contributed by atoms with Gasteiger partial charge in [0.2, 0.25) is 0 Å². The van der Waals surface area contributed by atoms with Crippen molar-refractivity contribution in [3.05, 3.63) is 0 Å². The Morgan fingerprint density at radius 1 is 0.417 bits per heavy atom. The number of aliphatic hydroxyl groups is 1. The molecule has 0 saturated carbocycles. The van der Waals surface area contributed by atoms with Gasteiger partial charge in [-0.2, -0.15) is 0 Å². The molecule has 1 N–H and O–H groups in total. The van der Waals surface area contributed by atoms with Gasteiger partial charge in [0.15, 0.2) is 0 Å². The Morgan fingerprint density at radius 2 is 0.708 bits per heavy atom. The summed E-state index contributed by atoms with van der Waals surface area (Å²) in [5.41, 5.74) is -0.358. The van der Waals surface area contributed by atoms with Crippen molar-refractivity contribution in [1.29, 1.82) is 0 Å². The maximum Gasteiger partial charge on any atom is 0.0647 e. The van der Waals surface area contributed by atoms with Crippen LogP contribution in [0.25, 0.3) is 0 Å². The van der Waals surface area contributed by atoms with E-state index in [1.54, 1.807) is 0 Å². The third kappa shape index (κ3) is 15.5. The zero-order valence-corrected chi connectivity index (χ0v) is 17.4. The molecule has 0 aliphatic heterocycles. The summed E-state index contributed by atoms with van der Waals surface area (Å²) >= 11 is 0. The zero-order chi connectivity index (χ0) is 17.9. The molecule has 0 fully saturated rings. The lowest BCUT2D eigenvalue weighted by atomic mass is 9.85. The normalized spacial score (nSPS) is 12.0. The van der Waals surface area contributed by atoms with E-state index in [4.69, 9.17) is 0 Å². The standard InChI is InChI=1S/C23H48O/c1-4-7-10-12-14-16-18-21-23(24,20-9-6-3)22-19-17-15-13-11-8-5-2/h24H,4-22H2,1-3H3. The molecule has 0 atom stereocenters. The van der Waals surface area contributed by atoms with Crippen LogP contribution in [0.4, 0.5) is 0 Å². The highest BCUT2D eigenvalue weighted by molar-refractivity contribution is 4.78. The molecule has 0 rings (SSSR count). The van der Waals surface area contributed by atoms with Crippen LogP contribution in [0, 0.1) is 0 Å². The number of hydrogen-bond acceptors (Lipinski definition) is 1. The summed E-state index contributed by atoms with van der Waals surface area (Å²) in [6.07, 6.45) is 24.3. The first-order chi connectivity index (χ1) is 11.7. The van der Waals surface area contributed by atoms with E-state index in [1.807, 2.05) is 0 Å². The fourth-order valence-electron chi connectivity index (χ4n) is 3.70. The lowest BCUT2D eigenvalue weighted by Gasteiger charge is -2.28. The van der Waals surface area contributed by atoms with Gasteiger partial charge in [-0.15, -0.1) is 0 Å². The predicted octanol–water partition coefficient (Wildman–Crippen LogP) is 8.19. The van der Waals surface area contributed by atoms with Gasteiger partial charge in [0, 0.05) is 0 Å². The minimum atomic E-state index is -0.358. The van der Waals surface area contributed by atoms with Crippen molar-refractivity contribution in [2.45, 2.75) is 148 Å². The van der Waals surface area contributed by atoms with Gasteiger partial charge in [0.25, 0.3) is 0 Å². The minimum absolute atomic E-state index is 0.358. The molecular formula is C23H48O. The van der Waals surface area contributed by atoms with Crippen molar-refractivity contribution >= 4 is 0 Å². The molecular weight excluding hydrogens is 292 g/mol. The molecule has 0 radical (unpaired) electrons. The molecule has 0 bridgehead atoms. The molecule has 0 saturated heterocycles. The Morgan fingerprint density at radius 3 is 1.08 bits per heavy atom. The van der Waals surface area contributed by atoms with E-state index in [0.29, 0.717) is 0 Å². The van der Waals surface area contributed by atoms with Gasteiger partial charge in [-0.05, 0) is 19.3 Å². The topological polar surface area (TPSA) is 20.2 Å². The predicted molar refractivity (Wildman–Crippen MR) is 110 cm³/mol. The monoisotopic (exact) mass is 340 g/mol. The average molecular weight is 341 g/mol. The molecule has 0 aliphatic rings. The molecule has 0 amide bonds. The maximum atomic E-state index is 11.0. The van der Waals surface area contributed by atoms with E-state index in [0.717, 1.165) is 19.3 Å². The van der Waals surface area contributed by atoms with Crippen molar-refractivity contribution in [1.82, 2.24) is 0 Å². The van der Waals surface area contributed by atoms with E-state index < -0.39 is 0 Å². The fourth-order valence-corrected chi connectivity index (χ4v) is 3.70. The van der Waals surface area contributed by atoms with E-state index in [2.05, 4.69) is 20.8 Å². The first kappa shape index (κ1) is 24.0. The Bertz CT molecular complexity index is 218. The number of unbranched alkanes of at least 4 members (excludes halogenated alkanes) is 13. The quantitative estimate of drug-likeness (QED) is 0.235. The van der Waals surface area contributed by atoms with Crippen LogP contribution in [0.2, 0.25) is 0 Å². The molecule has 0 spiro atoms. The van der Waals surface area contributed by atoms with Crippen LogP contribution in [0.5, 0.6) is 0 Å². The van der Waals surface area contributed by atoms with Crippen molar-refractivity contribution in [2.75, 3.05) is 0 Å². The molecule has 24 heavy (non-hydrogen) atoms. The van der Waals surface area contributed by atoms with Crippen LogP contribution < -0.4 is 0 Å². The van der Waals surface area contributed by atoms with Crippen LogP contribution in [0.3, 0.4) is 0 Å². The van der Waals surface area contributed by atoms with Crippen molar-refractivity contribution < 1.29 is 5.11 Å². The molecule has 1 nitrogen and oxygen atoms in total. The summed E-state index contributed by atoms with van der Waals surface area (Å²) in [7, 11) is 0. The van der Waals surface area contributed by atoms with Crippen LogP contribution in [-0.4, -0.2) is 10.7 Å². The summed E-state index contributed by atoms with van der Waals surface area (Å²) in [5, 5.41) is 11.0. The average Bonchev–Trinajstić information content (AvgIpc) is 2.58. The van der Waals surface area contributed by atoms with Crippen molar-refractivity contribution in [2.24, 2.45) is 0 Å². The van der Waals surface area contributed by atoms with Gasteiger partial charge in [0.1, 0.15) is 0 Å². The third-order valence-electron chi connectivity index (χ3n) is 5.49. The highest BCUT2D eigenvalue weighted by atomic mass is 16.3. The van der Waals surface area contributed by atoms with Gasteiger partial charge < -0.3 is 5.11 Å². The molecule has 0 aromatic heterocycles. The molecule has 0 aromatic carbocycles. The van der Waals surface area contributed by atoms with Crippen molar-refractivity contribution in [3.8, 4) is 0 Å². The minimum Gasteiger partial charge on any atom is -0.390 e. The molecule has 0 aromatic rings. The molecule has 0 heterocycles. The lowest BCUT2D eigenvalue weighted by molar-refractivity contribution is 0.00746. The summed E-state index contributed by atoms with van der Waals surface area (Å²) < 4.78 is 0. The first-order valence-corrected chi connectivity index (χ1v) is 11.4. The van der Waals surface area contributed by atoms with Crippen LogP contribution in [0.15, 0.2) is 0 Å². The SMILES string of the molecule is CCCCCCCCCC(O)(CCCC)CCCCCCCCC. The molecule has 0 aliphatic carbocycles. The van der Waals surface area contributed by atoms with Gasteiger partial charge in [-0.1, -0.05) is 124 Å². The molecule has 1 heteroatoms. The lowest BCUT2D eigenvalue weighted by Crippen LogP contribution is -2.28. The van der Waals surface area contributed by atoms with Crippen LogP contribution >= 0.6 is 0 Å². The van der Waals surface area contributed by atoms with Gasteiger partial charge >= 0.3 is 0 Å². The van der Waals surface area contributed by atoms with Crippen molar-refractivity contribution in [3.63, 3.8) is 0 Å².